The van der Waals surface area contributed by atoms with Gasteiger partial charge in [0.05, 0.1) is 18.3 Å². The van der Waals surface area contributed by atoms with Crippen molar-refractivity contribution in [2.45, 2.75) is 0 Å². The molecular formula is C16H12FNO. The van der Waals surface area contributed by atoms with Crippen LogP contribution in [0.5, 0.6) is 5.75 Å². The van der Waals surface area contributed by atoms with Gasteiger partial charge in [0.2, 0.25) is 0 Å². The van der Waals surface area contributed by atoms with Crippen molar-refractivity contribution in [2.75, 3.05) is 7.11 Å². The van der Waals surface area contributed by atoms with Gasteiger partial charge in [-0.3, -0.25) is 0 Å². The van der Waals surface area contributed by atoms with Crippen molar-refractivity contribution in [3.05, 3.63) is 60.4 Å². The van der Waals surface area contributed by atoms with Crippen LogP contribution in [0, 0.1) is 5.82 Å². The summed E-state index contributed by atoms with van der Waals surface area (Å²) in [7, 11) is 1.63. The normalized spacial score (nSPS) is 10.6. The lowest BCUT2D eigenvalue weighted by molar-refractivity contribution is 0.415. The van der Waals surface area contributed by atoms with Crippen LogP contribution in [0.1, 0.15) is 0 Å². The van der Waals surface area contributed by atoms with Gasteiger partial charge in [0.25, 0.3) is 0 Å². The third kappa shape index (κ3) is 2.27. The molecule has 0 saturated carbocycles. The first kappa shape index (κ1) is 11.7. The lowest BCUT2D eigenvalue weighted by Crippen LogP contribution is -1.87. The Hall–Kier alpha value is -2.42. The van der Waals surface area contributed by atoms with Crippen molar-refractivity contribution in [2.24, 2.45) is 0 Å². The van der Waals surface area contributed by atoms with Crippen LogP contribution < -0.4 is 4.74 Å². The molecule has 3 rings (SSSR count). The average Bonchev–Trinajstić information content (AvgIpc) is 2.46. The Balaban J connectivity index is 2.11. The van der Waals surface area contributed by atoms with Crippen LogP contribution in [-0.2, 0) is 0 Å². The van der Waals surface area contributed by atoms with Crippen molar-refractivity contribution in [1.82, 2.24) is 4.98 Å². The molecule has 1 aromatic heterocycles. The van der Waals surface area contributed by atoms with Crippen LogP contribution in [0.4, 0.5) is 4.39 Å². The van der Waals surface area contributed by atoms with Gasteiger partial charge in [-0.05, 0) is 36.4 Å². The van der Waals surface area contributed by atoms with Gasteiger partial charge in [-0.1, -0.05) is 18.2 Å². The van der Waals surface area contributed by atoms with E-state index in [2.05, 4.69) is 4.98 Å². The average molecular weight is 253 g/mol. The highest BCUT2D eigenvalue weighted by atomic mass is 19.1. The number of methoxy groups -OCH3 is 1. The Kier molecular flexibility index (Phi) is 2.88. The zero-order valence-electron chi connectivity index (χ0n) is 10.4. The van der Waals surface area contributed by atoms with E-state index in [1.807, 2.05) is 36.4 Å². The number of ether oxygens (including phenoxy) is 1. The first-order valence-electron chi connectivity index (χ1n) is 5.97. The molecule has 0 saturated heterocycles. The molecule has 3 aromatic rings. The highest BCUT2D eigenvalue weighted by molar-refractivity contribution is 5.82. The maximum atomic E-state index is 13.2. The monoisotopic (exact) mass is 253 g/mol. The minimum Gasteiger partial charge on any atom is -0.497 e. The highest BCUT2D eigenvalue weighted by Gasteiger charge is 2.03. The smallest absolute Gasteiger partial charge is 0.123 e. The Morgan fingerprint density at radius 1 is 1.00 bits per heavy atom. The second-order valence-electron chi connectivity index (χ2n) is 4.27. The fourth-order valence-corrected chi connectivity index (χ4v) is 2.04. The SMILES string of the molecule is COc1ccc2nc(-c3cccc(F)c3)ccc2c1. The molecule has 0 aliphatic rings. The van der Waals surface area contributed by atoms with Crippen LogP contribution in [0.2, 0.25) is 0 Å². The summed E-state index contributed by atoms with van der Waals surface area (Å²) in [6.45, 7) is 0. The van der Waals surface area contributed by atoms with E-state index in [0.717, 1.165) is 27.9 Å². The highest BCUT2D eigenvalue weighted by Crippen LogP contribution is 2.24. The quantitative estimate of drug-likeness (QED) is 0.687. The molecular weight excluding hydrogens is 241 g/mol. The van der Waals surface area contributed by atoms with Gasteiger partial charge in [-0.25, -0.2) is 9.37 Å². The van der Waals surface area contributed by atoms with E-state index in [-0.39, 0.29) is 5.82 Å². The fourth-order valence-electron chi connectivity index (χ4n) is 2.04. The standard InChI is InChI=1S/C16H12FNO/c1-19-14-6-8-16-12(10-14)5-7-15(18-16)11-3-2-4-13(17)9-11/h2-10H,1H3. The van der Waals surface area contributed by atoms with E-state index < -0.39 is 0 Å². The molecule has 0 fully saturated rings. The molecule has 94 valence electrons. The van der Waals surface area contributed by atoms with Gasteiger partial charge in [0.1, 0.15) is 11.6 Å². The van der Waals surface area contributed by atoms with Crippen molar-refractivity contribution in [3.8, 4) is 17.0 Å². The molecule has 0 atom stereocenters. The van der Waals surface area contributed by atoms with E-state index in [1.165, 1.54) is 12.1 Å². The molecule has 0 spiro atoms. The molecule has 0 radical (unpaired) electrons. The van der Waals surface area contributed by atoms with Gasteiger partial charge in [0, 0.05) is 10.9 Å². The predicted octanol–water partition coefficient (Wildman–Crippen LogP) is 4.05. The number of pyridine rings is 1. The van der Waals surface area contributed by atoms with Crippen molar-refractivity contribution >= 4 is 10.9 Å². The summed E-state index contributed by atoms with van der Waals surface area (Å²) in [6, 6.07) is 16.0. The number of aromatic nitrogens is 1. The summed E-state index contributed by atoms with van der Waals surface area (Å²) in [5, 5.41) is 1.000. The predicted molar refractivity (Wildman–Crippen MR) is 73.7 cm³/mol. The maximum absolute atomic E-state index is 13.2. The Bertz CT molecular complexity index is 740. The lowest BCUT2D eigenvalue weighted by atomic mass is 10.1. The van der Waals surface area contributed by atoms with Gasteiger partial charge >= 0.3 is 0 Å². The third-order valence-corrected chi connectivity index (χ3v) is 3.02. The Morgan fingerprint density at radius 3 is 2.68 bits per heavy atom. The van der Waals surface area contributed by atoms with E-state index >= 15 is 0 Å². The number of nitrogens with zero attached hydrogens (tertiary/aromatic N) is 1. The van der Waals surface area contributed by atoms with Crippen LogP contribution in [-0.4, -0.2) is 12.1 Å². The summed E-state index contributed by atoms with van der Waals surface area (Å²) in [5.74, 6) is 0.543. The van der Waals surface area contributed by atoms with Crippen molar-refractivity contribution < 1.29 is 9.13 Å². The fraction of sp³-hybridized carbons (Fsp3) is 0.0625. The van der Waals surface area contributed by atoms with E-state index in [1.54, 1.807) is 13.2 Å². The van der Waals surface area contributed by atoms with Gasteiger partial charge < -0.3 is 4.74 Å². The van der Waals surface area contributed by atoms with Crippen LogP contribution >= 0.6 is 0 Å². The summed E-state index contributed by atoms with van der Waals surface area (Å²) in [6.07, 6.45) is 0. The molecule has 2 aromatic carbocycles. The summed E-state index contributed by atoms with van der Waals surface area (Å²) < 4.78 is 18.4. The summed E-state index contributed by atoms with van der Waals surface area (Å²) in [5.41, 5.74) is 2.40. The van der Waals surface area contributed by atoms with E-state index in [0.29, 0.717) is 0 Å². The molecule has 0 bridgehead atoms. The first-order chi connectivity index (χ1) is 9.26. The largest absolute Gasteiger partial charge is 0.497 e. The molecule has 3 heteroatoms. The second kappa shape index (κ2) is 4.69. The molecule has 19 heavy (non-hydrogen) atoms. The number of hydrogen-bond donors (Lipinski definition) is 0. The lowest BCUT2D eigenvalue weighted by Gasteiger charge is -2.05. The number of halogens is 1. The minimum atomic E-state index is -0.255. The topological polar surface area (TPSA) is 22.1 Å². The Labute approximate surface area is 110 Å². The maximum Gasteiger partial charge on any atom is 0.123 e. The van der Waals surface area contributed by atoms with Gasteiger partial charge in [0.15, 0.2) is 0 Å². The Morgan fingerprint density at radius 2 is 1.89 bits per heavy atom. The second-order valence-corrected chi connectivity index (χ2v) is 4.27. The number of fused-ring (bicyclic) bond motifs is 1. The molecule has 0 aliphatic heterocycles. The number of rotatable bonds is 2. The molecule has 0 amide bonds. The molecule has 2 nitrogen and oxygen atoms in total. The van der Waals surface area contributed by atoms with Gasteiger partial charge in [-0.2, -0.15) is 0 Å². The number of benzene rings is 2. The summed E-state index contributed by atoms with van der Waals surface area (Å²) >= 11 is 0. The molecule has 0 unspecified atom stereocenters. The van der Waals surface area contributed by atoms with E-state index in [9.17, 15) is 4.39 Å². The van der Waals surface area contributed by atoms with E-state index in [4.69, 9.17) is 4.74 Å². The summed E-state index contributed by atoms with van der Waals surface area (Å²) in [4.78, 5) is 4.54. The van der Waals surface area contributed by atoms with Crippen molar-refractivity contribution in [3.63, 3.8) is 0 Å². The van der Waals surface area contributed by atoms with Crippen LogP contribution in [0.25, 0.3) is 22.2 Å². The molecule has 0 aliphatic carbocycles. The van der Waals surface area contributed by atoms with Crippen LogP contribution in [0.15, 0.2) is 54.6 Å². The molecule has 1 heterocycles. The third-order valence-electron chi connectivity index (χ3n) is 3.02. The van der Waals surface area contributed by atoms with Gasteiger partial charge in [-0.15, -0.1) is 0 Å². The zero-order chi connectivity index (χ0) is 13.2. The minimum absolute atomic E-state index is 0.255. The molecule has 0 N–H and O–H groups in total. The first-order valence-corrected chi connectivity index (χ1v) is 5.97. The van der Waals surface area contributed by atoms with Crippen molar-refractivity contribution in [1.29, 1.82) is 0 Å². The number of hydrogen-bond acceptors (Lipinski definition) is 2. The van der Waals surface area contributed by atoms with Crippen LogP contribution in [0.3, 0.4) is 0 Å². The zero-order valence-corrected chi connectivity index (χ0v) is 10.4.